The van der Waals surface area contributed by atoms with Crippen LogP contribution in [0.1, 0.15) is 48.0 Å². The monoisotopic (exact) mass is 201 g/mol. The van der Waals surface area contributed by atoms with Crippen molar-refractivity contribution in [3.63, 3.8) is 0 Å². The lowest BCUT2D eigenvalue weighted by Gasteiger charge is -2.44. The Bertz CT molecular complexity index is 177. The summed E-state index contributed by atoms with van der Waals surface area (Å²) in [4.78, 5) is 0. The Morgan fingerprint density at radius 2 is 1.43 bits per heavy atom. The predicted octanol–water partition coefficient (Wildman–Crippen LogP) is 2.81. The number of methoxy groups -OCH3 is 1. The molecule has 0 fully saturated rings. The zero-order valence-electron chi connectivity index (χ0n) is 10.9. The molecule has 0 aromatic heterocycles. The van der Waals surface area contributed by atoms with Crippen LogP contribution in [0.15, 0.2) is 0 Å². The Kier molecular flexibility index (Phi) is 4.17. The van der Waals surface area contributed by atoms with Crippen molar-refractivity contribution in [1.29, 1.82) is 0 Å². The van der Waals surface area contributed by atoms with Crippen molar-refractivity contribution in [1.82, 2.24) is 0 Å². The van der Waals surface area contributed by atoms with Gasteiger partial charge in [0.15, 0.2) is 0 Å². The van der Waals surface area contributed by atoms with Crippen LogP contribution in [0.2, 0.25) is 0 Å². The van der Waals surface area contributed by atoms with E-state index in [9.17, 15) is 0 Å². The first-order valence-corrected chi connectivity index (χ1v) is 5.30. The van der Waals surface area contributed by atoms with E-state index in [-0.39, 0.29) is 11.0 Å². The first kappa shape index (κ1) is 13.9. The Labute approximate surface area is 89.2 Å². The van der Waals surface area contributed by atoms with E-state index in [4.69, 9.17) is 10.5 Å². The Morgan fingerprint density at radius 1 is 1.00 bits per heavy atom. The van der Waals surface area contributed by atoms with Gasteiger partial charge in [0.25, 0.3) is 0 Å². The summed E-state index contributed by atoms with van der Waals surface area (Å²) in [5, 5.41) is 0. The maximum atomic E-state index is 6.29. The average molecular weight is 201 g/mol. The van der Waals surface area contributed by atoms with Crippen LogP contribution in [0.5, 0.6) is 0 Å². The summed E-state index contributed by atoms with van der Waals surface area (Å²) in [7, 11) is 1.71. The van der Waals surface area contributed by atoms with Crippen molar-refractivity contribution in [2.24, 2.45) is 16.6 Å². The molecule has 0 amide bonds. The fraction of sp³-hybridized carbons (Fsp3) is 1.00. The van der Waals surface area contributed by atoms with Crippen LogP contribution >= 0.6 is 0 Å². The van der Waals surface area contributed by atoms with Gasteiger partial charge >= 0.3 is 0 Å². The lowest BCUT2D eigenvalue weighted by Crippen LogP contribution is -2.54. The minimum atomic E-state index is -0.269. The molecule has 0 bridgehead atoms. The zero-order valence-corrected chi connectivity index (χ0v) is 10.9. The molecular weight excluding hydrogens is 174 g/mol. The maximum absolute atomic E-state index is 6.29. The molecule has 0 aromatic carbocycles. The summed E-state index contributed by atoms with van der Waals surface area (Å²) in [6.07, 6.45) is 1.09. The summed E-state index contributed by atoms with van der Waals surface area (Å²) < 4.78 is 5.18. The molecular formula is C12H27NO. The Hall–Kier alpha value is -0.0800. The fourth-order valence-corrected chi connectivity index (χ4v) is 2.02. The third-order valence-electron chi connectivity index (χ3n) is 2.96. The van der Waals surface area contributed by atoms with E-state index in [1.54, 1.807) is 7.11 Å². The molecule has 2 nitrogen and oxygen atoms in total. The van der Waals surface area contributed by atoms with Gasteiger partial charge in [-0.05, 0) is 24.2 Å². The van der Waals surface area contributed by atoms with Gasteiger partial charge in [0, 0.05) is 12.6 Å². The molecule has 86 valence electrons. The van der Waals surface area contributed by atoms with Gasteiger partial charge in [0.1, 0.15) is 0 Å². The van der Waals surface area contributed by atoms with Gasteiger partial charge < -0.3 is 10.5 Å². The molecule has 0 aliphatic heterocycles. The minimum absolute atomic E-state index is 0.0846. The second kappa shape index (κ2) is 4.19. The molecule has 1 unspecified atom stereocenters. The highest BCUT2D eigenvalue weighted by molar-refractivity contribution is 4.95. The molecule has 2 heteroatoms. The van der Waals surface area contributed by atoms with E-state index < -0.39 is 0 Å². The van der Waals surface area contributed by atoms with E-state index in [0.717, 1.165) is 6.42 Å². The molecule has 0 heterocycles. The van der Waals surface area contributed by atoms with Crippen LogP contribution in [-0.2, 0) is 4.74 Å². The Morgan fingerprint density at radius 3 is 1.71 bits per heavy atom. The molecule has 0 spiro atoms. The summed E-state index contributed by atoms with van der Waals surface area (Å²) in [5.41, 5.74) is 6.41. The predicted molar refractivity (Wildman–Crippen MR) is 62.3 cm³/mol. The third kappa shape index (κ3) is 3.97. The van der Waals surface area contributed by atoms with Crippen LogP contribution < -0.4 is 5.73 Å². The molecule has 14 heavy (non-hydrogen) atoms. The summed E-state index contributed by atoms with van der Waals surface area (Å²) in [5.74, 6) is 0. The van der Waals surface area contributed by atoms with E-state index >= 15 is 0 Å². The van der Waals surface area contributed by atoms with Crippen molar-refractivity contribution >= 4 is 0 Å². The van der Waals surface area contributed by atoms with Gasteiger partial charge in [-0.25, -0.2) is 0 Å². The topological polar surface area (TPSA) is 35.2 Å². The maximum Gasteiger partial charge on any atom is 0.0644 e. The van der Waals surface area contributed by atoms with Gasteiger partial charge in [0.05, 0.1) is 6.61 Å². The van der Waals surface area contributed by atoms with Crippen LogP contribution in [0, 0.1) is 10.8 Å². The highest BCUT2D eigenvalue weighted by atomic mass is 16.5. The molecule has 0 rings (SSSR count). The second-order valence-corrected chi connectivity index (χ2v) is 6.47. The molecule has 0 saturated carbocycles. The standard InChI is InChI=1S/C12H27NO/c1-10(2,3)8-11(4,5)12(6,13)9-14-7/h8-9,13H2,1-7H3. The van der Waals surface area contributed by atoms with E-state index in [1.807, 2.05) is 0 Å². The van der Waals surface area contributed by atoms with E-state index in [1.165, 1.54) is 0 Å². The number of ether oxygens (including phenoxy) is 1. The van der Waals surface area contributed by atoms with Crippen molar-refractivity contribution in [3.8, 4) is 0 Å². The molecule has 0 aliphatic rings. The van der Waals surface area contributed by atoms with Crippen molar-refractivity contribution < 1.29 is 4.74 Å². The number of hydrogen-bond donors (Lipinski definition) is 1. The Balaban J connectivity index is 4.59. The number of nitrogens with two attached hydrogens (primary N) is 1. The van der Waals surface area contributed by atoms with Gasteiger partial charge in [-0.2, -0.15) is 0 Å². The van der Waals surface area contributed by atoms with Gasteiger partial charge in [-0.3, -0.25) is 0 Å². The molecule has 0 radical (unpaired) electrons. The van der Waals surface area contributed by atoms with Crippen molar-refractivity contribution in [3.05, 3.63) is 0 Å². The minimum Gasteiger partial charge on any atom is -0.383 e. The highest BCUT2D eigenvalue weighted by Gasteiger charge is 2.40. The SMILES string of the molecule is COCC(C)(N)C(C)(C)CC(C)(C)C. The second-order valence-electron chi connectivity index (χ2n) is 6.47. The van der Waals surface area contributed by atoms with Crippen LogP contribution in [0.4, 0.5) is 0 Å². The van der Waals surface area contributed by atoms with E-state index in [2.05, 4.69) is 41.5 Å². The lowest BCUT2D eigenvalue weighted by molar-refractivity contribution is 0.0385. The van der Waals surface area contributed by atoms with Crippen molar-refractivity contribution in [2.75, 3.05) is 13.7 Å². The fourth-order valence-electron chi connectivity index (χ4n) is 2.02. The molecule has 0 aliphatic carbocycles. The summed E-state index contributed by atoms with van der Waals surface area (Å²) in [6.45, 7) is 13.9. The van der Waals surface area contributed by atoms with Gasteiger partial charge in [-0.15, -0.1) is 0 Å². The first-order valence-electron chi connectivity index (χ1n) is 5.30. The lowest BCUT2D eigenvalue weighted by atomic mass is 9.66. The third-order valence-corrected chi connectivity index (χ3v) is 2.96. The van der Waals surface area contributed by atoms with E-state index in [0.29, 0.717) is 12.0 Å². The van der Waals surface area contributed by atoms with Crippen LogP contribution in [0.3, 0.4) is 0 Å². The number of hydrogen-bond acceptors (Lipinski definition) is 2. The molecule has 2 N–H and O–H groups in total. The van der Waals surface area contributed by atoms with Crippen LogP contribution in [0.25, 0.3) is 0 Å². The largest absolute Gasteiger partial charge is 0.383 e. The smallest absolute Gasteiger partial charge is 0.0644 e. The summed E-state index contributed by atoms with van der Waals surface area (Å²) >= 11 is 0. The highest BCUT2D eigenvalue weighted by Crippen LogP contribution is 2.40. The van der Waals surface area contributed by atoms with Gasteiger partial charge in [-0.1, -0.05) is 34.6 Å². The quantitative estimate of drug-likeness (QED) is 0.759. The summed E-state index contributed by atoms with van der Waals surface area (Å²) in [6, 6.07) is 0. The average Bonchev–Trinajstić information content (AvgIpc) is 1.79. The van der Waals surface area contributed by atoms with Crippen molar-refractivity contribution in [2.45, 2.75) is 53.5 Å². The molecule has 0 aromatic rings. The first-order chi connectivity index (χ1) is 6.02. The zero-order chi connectivity index (χ0) is 11.6. The van der Waals surface area contributed by atoms with Gasteiger partial charge in [0.2, 0.25) is 0 Å². The van der Waals surface area contributed by atoms with Crippen LogP contribution in [-0.4, -0.2) is 19.3 Å². The normalized spacial score (nSPS) is 18.0. The molecule has 0 saturated heterocycles. The molecule has 1 atom stereocenters. The number of rotatable bonds is 4.